The van der Waals surface area contributed by atoms with Gasteiger partial charge >= 0.3 is 0 Å². The Hall–Kier alpha value is -2.06. The number of imidazole rings is 1. The van der Waals surface area contributed by atoms with Gasteiger partial charge in [-0.05, 0) is 11.8 Å². The summed E-state index contributed by atoms with van der Waals surface area (Å²) in [6.07, 6.45) is 6.48. The zero-order valence-corrected chi connectivity index (χ0v) is 10.1. The summed E-state index contributed by atoms with van der Waals surface area (Å²) in [7, 11) is 0. The number of H-pyrrole nitrogens is 1. The predicted octanol–water partition coefficient (Wildman–Crippen LogP) is 0.753. The maximum Gasteiger partial charge on any atom is 0.193 e. The molecular weight excluding hydrogens is 250 g/mol. The first-order chi connectivity index (χ1) is 8.86. The molecule has 0 unspecified atom stereocenters. The van der Waals surface area contributed by atoms with Crippen LogP contribution >= 0.6 is 11.8 Å². The highest BCUT2D eigenvalue weighted by Crippen LogP contribution is 2.26. The topological polar surface area (TPSA) is 106 Å². The molecule has 18 heavy (non-hydrogen) atoms. The van der Waals surface area contributed by atoms with Crippen LogP contribution in [0.1, 0.15) is 5.56 Å². The minimum Gasteiger partial charge on any atom is -0.341 e. The molecule has 3 rings (SSSR count). The molecule has 0 saturated carbocycles. The van der Waals surface area contributed by atoms with E-state index in [0.29, 0.717) is 17.3 Å². The lowest BCUT2D eigenvalue weighted by molar-refractivity contribution is 0.911. The van der Waals surface area contributed by atoms with Crippen LogP contribution in [0.5, 0.6) is 0 Å². The smallest absolute Gasteiger partial charge is 0.193 e. The van der Waals surface area contributed by atoms with Gasteiger partial charge in [-0.25, -0.2) is 24.9 Å². The first-order valence-electron chi connectivity index (χ1n) is 5.20. The van der Waals surface area contributed by atoms with Gasteiger partial charge in [-0.3, -0.25) is 0 Å². The van der Waals surface area contributed by atoms with Crippen molar-refractivity contribution in [2.45, 2.75) is 16.7 Å². The van der Waals surface area contributed by atoms with Gasteiger partial charge in [0.05, 0.1) is 6.33 Å². The average Bonchev–Trinajstić information content (AvgIpc) is 2.89. The number of aromatic nitrogens is 6. The van der Waals surface area contributed by atoms with Crippen molar-refractivity contribution in [2.24, 2.45) is 5.73 Å². The Balaban J connectivity index is 1.93. The van der Waals surface area contributed by atoms with Gasteiger partial charge in [0.15, 0.2) is 10.8 Å². The van der Waals surface area contributed by atoms with Crippen molar-refractivity contribution in [3.63, 3.8) is 0 Å². The summed E-state index contributed by atoms with van der Waals surface area (Å²) in [5.74, 6) is 0. The molecule has 0 aromatic carbocycles. The normalized spacial score (nSPS) is 10.9. The molecule has 0 aliphatic carbocycles. The number of aromatic amines is 1. The van der Waals surface area contributed by atoms with E-state index in [1.165, 1.54) is 18.1 Å². The summed E-state index contributed by atoms with van der Waals surface area (Å²) in [5.41, 5.74) is 7.81. The second-order valence-electron chi connectivity index (χ2n) is 3.46. The van der Waals surface area contributed by atoms with Crippen LogP contribution in [0, 0.1) is 0 Å². The molecule has 0 spiro atoms. The van der Waals surface area contributed by atoms with Crippen molar-refractivity contribution in [1.82, 2.24) is 29.9 Å². The lowest BCUT2D eigenvalue weighted by Crippen LogP contribution is -1.98. The molecule has 3 N–H and O–H groups in total. The van der Waals surface area contributed by atoms with Crippen LogP contribution < -0.4 is 5.73 Å². The third kappa shape index (κ3) is 2.03. The van der Waals surface area contributed by atoms with Crippen LogP contribution in [0.2, 0.25) is 0 Å². The lowest BCUT2D eigenvalue weighted by atomic mass is 10.4. The summed E-state index contributed by atoms with van der Waals surface area (Å²) < 4.78 is 0. The van der Waals surface area contributed by atoms with Crippen molar-refractivity contribution < 1.29 is 0 Å². The van der Waals surface area contributed by atoms with E-state index in [4.69, 9.17) is 5.73 Å². The third-order valence-electron chi connectivity index (χ3n) is 2.29. The Bertz CT molecular complexity index is 663. The highest BCUT2D eigenvalue weighted by molar-refractivity contribution is 7.99. The minimum absolute atomic E-state index is 0.434. The molecule has 0 saturated heterocycles. The standard InChI is InChI=1S/C10H9N7S/c11-1-6-2-12-10(13-3-6)18-9-7-8(15-4-14-7)16-5-17-9/h2-5H,1,11H2,(H,14,15,16,17). The zero-order chi connectivity index (χ0) is 12.4. The van der Waals surface area contributed by atoms with Gasteiger partial charge in [0, 0.05) is 24.5 Å². The molecule has 3 aromatic heterocycles. The fourth-order valence-electron chi connectivity index (χ4n) is 1.41. The van der Waals surface area contributed by atoms with E-state index in [-0.39, 0.29) is 0 Å². The Morgan fingerprint density at radius 1 is 1.11 bits per heavy atom. The van der Waals surface area contributed by atoms with Crippen molar-refractivity contribution in [3.05, 3.63) is 30.6 Å². The number of hydrogen-bond acceptors (Lipinski definition) is 7. The van der Waals surface area contributed by atoms with Crippen LogP contribution in [-0.4, -0.2) is 29.9 Å². The maximum atomic E-state index is 5.49. The molecule has 7 nitrogen and oxygen atoms in total. The van der Waals surface area contributed by atoms with E-state index in [2.05, 4.69) is 29.9 Å². The van der Waals surface area contributed by atoms with E-state index in [0.717, 1.165) is 16.1 Å². The van der Waals surface area contributed by atoms with E-state index in [1.807, 2.05) is 0 Å². The number of nitrogens with one attached hydrogen (secondary N) is 1. The summed E-state index contributed by atoms with van der Waals surface area (Å²) in [6.45, 7) is 0.434. The van der Waals surface area contributed by atoms with Gasteiger partial charge in [-0.1, -0.05) is 0 Å². The highest BCUT2D eigenvalue weighted by atomic mass is 32.2. The monoisotopic (exact) mass is 259 g/mol. The number of hydrogen-bond donors (Lipinski definition) is 2. The minimum atomic E-state index is 0.434. The predicted molar refractivity (Wildman–Crippen MR) is 65.7 cm³/mol. The molecule has 0 atom stereocenters. The van der Waals surface area contributed by atoms with Gasteiger partial charge in [0.2, 0.25) is 0 Å². The molecule has 3 aromatic rings. The number of nitrogens with zero attached hydrogens (tertiary/aromatic N) is 5. The summed E-state index contributed by atoms with van der Waals surface area (Å²) in [6, 6.07) is 0. The fraction of sp³-hybridized carbons (Fsp3) is 0.100. The number of nitrogens with two attached hydrogens (primary N) is 1. The van der Waals surface area contributed by atoms with Crippen LogP contribution in [0.4, 0.5) is 0 Å². The Morgan fingerprint density at radius 2 is 1.94 bits per heavy atom. The van der Waals surface area contributed by atoms with Gasteiger partial charge in [0.1, 0.15) is 16.9 Å². The second-order valence-corrected chi connectivity index (χ2v) is 4.42. The van der Waals surface area contributed by atoms with Crippen molar-refractivity contribution in [2.75, 3.05) is 0 Å². The number of rotatable bonds is 3. The molecule has 0 radical (unpaired) electrons. The van der Waals surface area contributed by atoms with Gasteiger partial charge in [-0.2, -0.15) is 0 Å². The van der Waals surface area contributed by atoms with Crippen LogP contribution in [0.15, 0.2) is 35.2 Å². The third-order valence-corrected chi connectivity index (χ3v) is 3.19. The molecule has 0 bridgehead atoms. The molecule has 8 heteroatoms. The quantitative estimate of drug-likeness (QED) is 0.528. The Kier molecular flexibility index (Phi) is 2.87. The molecule has 0 amide bonds. The van der Waals surface area contributed by atoms with Crippen molar-refractivity contribution in [3.8, 4) is 0 Å². The Morgan fingerprint density at radius 3 is 2.72 bits per heavy atom. The van der Waals surface area contributed by atoms with Crippen molar-refractivity contribution in [1.29, 1.82) is 0 Å². The van der Waals surface area contributed by atoms with E-state index in [1.54, 1.807) is 18.7 Å². The summed E-state index contributed by atoms with van der Waals surface area (Å²) >= 11 is 1.36. The summed E-state index contributed by atoms with van der Waals surface area (Å²) in [5, 5.41) is 1.36. The highest BCUT2D eigenvalue weighted by Gasteiger charge is 2.09. The maximum absolute atomic E-state index is 5.49. The Labute approximate surface area is 106 Å². The number of fused-ring (bicyclic) bond motifs is 1. The van der Waals surface area contributed by atoms with Gasteiger partial charge in [0.25, 0.3) is 0 Å². The van der Waals surface area contributed by atoms with Gasteiger partial charge < -0.3 is 10.7 Å². The van der Waals surface area contributed by atoms with Crippen LogP contribution in [0.3, 0.4) is 0 Å². The molecular formula is C10H9N7S. The lowest BCUT2D eigenvalue weighted by Gasteiger charge is -2.00. The van der Waals surface area contributed by atoms with Crippen LogP contribution in [-0.2, 0) is 6.54 Å². The largest absolute Gasteiger partial charge is 0.341 e. The van der Waals surface area contributed by atoms with Crippen LogP contribution in [0.25, 0.3) is 11.2 Å². The summed E-state index contributed by atoms with van der Waals surface area (Å²) in [4.78, 5) is 23.7. The van der Waals surface area contributed by atoms with E-state index >= 15 is 0 Å². The molecule has 3 heterocycles. The van der Waals surface area contributed by atoms with Crippen molar-refractivity contribution >= 4 is 22.9 Å². The average molecular weight is 259 g/mol. The molecule has 0 aliphatic heterocycles. The first kappa shape index (κ1) is 11.1. The molecule has 0 aliphatic rings. The second kappa shape index (κ2) is 4.67. The van der Waals surface area contributed by atoms with E-state index in [9.17, 15) is 0 Å². The SMILES string of the molecule is NCc1cnc(Sc2ncnc3nc[nH]c23)nc1. The zero-order valence-electron chi connectivity index (χ0n) is 9.24. The molecule has 0 fully saturated rings. The fourth-order valence-corrected chi connectivity index (χ4v) is 2.14. The van der Waals surface area contributed by atoms with E-state index < -0.39 is 0 Å². The first-order valence-corrected chi connectivity index (χ1v) is 6.01. The van der Waals surface area contributed by atoms with Gasteiger partial charge in [-0.15, -0.1) is 0 Å². The molecule has 90 valence electrons.